The predicted octanol–water partition coefficient (Wildman–Crippen LogP) is 3.16. The van der Waals surface area contributed by atoms with Crippen molar-refractivity contribution in [2.75, 3.05) is 30.7 Å². The molecule has 2 aromatic rings. The number of piperazine rings is 1. The Morgan fingerprint density at radius 3 is 2.67 bits per heavy atom. The number of hydrogen-bond donors (Lipinski definition) is 2. The molecular weight excluding hydrogens is 358 g/mol. The second-order valence-electron chi connectivity index (χ2n) is 6.81. The number of hydrogen-bond acceptors (Lipinski definition) is 4. The fraction of sp³-hybridized carbons (Fsp3) is 0.333. The van der Waals surface area contributed by atoms with Gasteiger partial charge >= 0.3 is 0 Å². The number of carbonyl (C=O) groups is 2. The Balaban J connectivity index is 1.62. The minimum atomic E-state index is -0.0816. The molecule has 1 atom stereocenters. The van der Waals surface area contributed by atoms with E-state index < -0.39 is 0 Å². The van der Waals surface area contributed by atoms with Crippen molar-refractivity contribution in [1.29, 1.82) is 0 Å². The van der Waals surface area contributed by atoms with Gasteiger partial charge in [-0.1, -0.05) is 29.8 Å². The second-order valence-corrected chi connectivity index (χ2v) is 7.82. The Hall–Kier alpha value is -2.31. The molecule has 0 aliphatic carbocycles. The summed E-state index contributed by atoms with van der Waals surface area (Å²) in [5.74, 6) is 0.211. The van der Waals surface area contributed by atoms with Crippen LogP contribution in [0.2, 0.25) is 0 Å². The molecule has 2 aromatic carbocycles. The molecule has 2 amide bonds. The smallest absolute Gasteiger partial charge is 0.255 e. The van der Waals surface area contributed by atoms with E-state index in [0.29, 0.717) is 24.7 Å². The van der Waals surface area contributed by atoms with Crippen LogP contribution in [0.3, 0.4) is 0 Å². The van der Waals surface area contributed by atoms with Crippen molar-refractivity contribution in [3.05, 3.63) is 59.7 Å². The molecule has 27 heavy (non-hydrogen) atoms. The SMILES string of the molecule is Cc1ccc(NC(=O)CSc2ccccc2C(=O)N2CCNC(C)C2)cc1. The maximum absolute atomic E-state index is 12.9. The minimum absolute atomic E-state index is 0.0328. The Labute approximate surface area is 164 Å². The molecule has 1 aliphatic heterocycles. The van der Waals surface area contributed by atoms with E-state index in [2.05, 4.69) is 17.6 Å². The van der Waals surface area contributed by atoms with E-state index in [-0.39, 0.29) is 17.6 Å². The summed E-state index contributed by atoms with van der Waals surface area (Å²) in [6.45, 7) is 6.30. The normalized spacial score (nSPS) is 16.8. The number of rotatable bonds is 5. The molecule has 3 rings (SSSR count). The maximum Gasteiger partial charge on any atom is 0.255 e. The van der Waals surface area contributed by atoms with Gasteiger partial charge in [0.1, 0.15) is 0 Å². The summed E-state index contributed by atoms with van der Waals surface area (Å²) in [4.78, 5) is 27.9. The fourth-order valence-electron chi connectivity index (χ4n) is 3.03. The zero-order valence-electron chi connectivity index (χ0n) is 15.7. The highest BCUT2D eigenvalue weighted by Crippen LogP contribution is 2.24. The van der Waals surface area contributed by atoms with Crippen molar-refractivity contribution in [2.24, 2.45) is 0 Å². The van der Waals surface area contributed by atoms with Gasteiger partial charge in [0.05, 0.1) is 11.3 Å². The Morgan fingerprint density at radius 1 is 1.19 bits per heavy atom. The third-order valence-electron chi connectivity index (χ3n) is 4.47. The van der Waals surface area contributed by atoms with Crippen LogP contribution in [0.15, 0.2) is 53.4 Å². The van der Waals surface area contributed by atoms with Gasteiger partial charge in [-0.25, -0.2) is 0 Å². The molecule has 0 spiro atoms. The molecule has 1 unspecified atom stereocenters. The summed E-state index contributed by atoms with van der Waals surface area (Å²) in [6, 6.07) is 15.5. The number of aryl methyl sites for hydroxylation is 1. The first kappa shape index (κ1) is 19.5. The van der Waals surface area contributed by atoms with Gasteiger partial charge in [0.25, 0.3) is 5.91 Å². The quantitative estimate of drug-likeness (QED) is 0.779. The predicted molar refractivity (Wildman–Crippen MR) is 110 cm³/mol. The van der Waals surface area contributed by atoms with Crippen LogP contribution in [-0.2, 0) is 4.79 Å². The molecular formula is C21H25N3O2S. The molecule has 142 valence electrons. The van der Waals surface area contributed by atoms with Crippen molar-refractivity contribution in [3.63, 3.8) is 0 Å². The molecule has 0 radical (unpaired) electrons. The van der Waals surface area contributed by atoms with Gasteiger partial charge < -0.3 is 15.5 Å². The summed E-state index contributed by atoms with van der Waals surface area (Å²) < 4.78 is 0. The van der Waals surface area contributed by atoms with E-state index >= 15 is 0 Å². The lowest BCUT2D eigenvalue weighted by Crippen LogP contribution is -2.51. The van der Waals surface area contributed by atoms with Gasteiger partial charge in [-0.15, -0.1) is 11.8 Å². The van der Waals surface area contributed by atoms with E-state index in [1.54, 1.807) is 0 Å². The Kier molecular flexibility index (Phi) is 6.53. The second kappa shape index (κ2) is 9.06. The van der Waals surface area contributed by atoms with Crippen molar-refractivity contribution >= 4 is 29.3 Å². The molecule has 1 saturated heterocycles. The van der Waals surface area contributed by atoms with Crippen molar-refractivity contribution in [2.45, 2.75) is 24.8 Å². The van der Waals surface area contributed by atoms with Crippen LogP contribution in [0.4, 0.5) is 5.69 Å². The van der Waals surface area contributed by atoms with E-state index in [0.717, 1.165) is 22.7 Å². The third-order valence-corrected chi connectivity index (χ3v) is 5.54. The highest BCUT2D eigenvalue weighted by molar-refractivity contribution is 8.00. The minimum Gasteiger partial charge on any atom is -0.336 e. The average Bonchev–Trinajstić information content (AvgIpc) is 2.68. The first-order valence-electron chi connectivity index (χ1n) is 9.14. The third kappa shape index (κ3) is 5.34. The van der Waals surface area contributed by atoms with Crippen LogP contribution in [-0.4, -0.2) is 48.1 Å². The lowest BCUT2D eigenvalue weighted by Gasteiger charge is -2.32. The molecule has 1 aliphatic rings. The summed E-state index contributed by atoms with van der Waals surface area (Å²) in [5, 5.41) is 6.24. The van der Waals surface area contributed by atoms with E-state index in [4.69, 9.17) is 0 Å². The number of anilines is 1. The van der Waals surface area contributed by atoms with Crippen molar-refractivity contribution in [1.82, 2.24) is 10.2 Å². The Morgan fingerprint density at radius 2 is 1.93 bits per heavy atom. The zero-order chi connectivity index (χ0) is 19.2. The molecule has 1 fully saturated rings. The van der Waals surface area contributed by atoms with E-state index in [1.807, 2.05) is 60.4 Å². The van der Waals surface area contributed by atoms with E-state index in [1.165, 1.54) is 11.8 Å². The van der Waals surface area contributed by atoms with Crippen LogP contribution in [0, 0.1) is 6.92 Å². The van der Waals surface area contributed by atoms with Gasteiger partial charge in [-0.2, -0.15) is 0 Å². The number of nitrogens with zero attached hydrogens (tertiary/aromatic N) is 1. The zero-order valence-corrected chi connectivity index (χ0v) is 16.5. The molecule has 0 aromatic heterocycles. The van der Waals surface area contributed by atoms with Crippen molar-refractivity contribution < 1.29 is 9.59 Å². The van der Waals surface area contributed by atoms with Crippen LogP contribution in [0.1, 0.15) is 22.8 Å². The summed E-state index contributed by atoms with van der Waals surface area (Å²) in [6.07, 6.45) is 0. The highest BCUT2D eigenvalue weighted by Gasteiger charge is 2.23. The monoisotopic (exact) mass is 383 g/mol. The van der Waals surface area contributed by atoms with Gasteiger partial charge in [-0.3, -0.25) is 9.59 Å². The summed E-state index contributed by atoms with van der Waals surface area (Å²) >= 11 is 1.40. The number of benzene rings is 2. The number of nitrogens with one attached hydrogen (secondary N) is 2. The summed E-state index contributed by atoms with van der Waals surface area (Å²) in [7, 11) is 0. The molecule has 1 heterocycles. The largest absolute Gasteiger partial charge is 0.336 e. The standard InChI is InChI=1S/C21H25N3O2S/c1-15-7-9-17(10-8-15)23-20(25)14-27-19-6-4-3-5-18(19)21(26)24-12-11-22-16(2)13-24/h3-10,16,22H,11-14H2,1-2H3,(H,23,25). The lowest BCUT2D eigenvalue weighted by molar-refractivity contribution is -0.113. The van der Waals surface area contributed by atoms with Crippen LogP contribution in [0.25, 0.3) is 0 Å². The fourth-order valence-corrected chi connectivity index (χ4v) is 3.88. The van der Waals surface area contributed by atoms with Crippen LogP contribution >= 0.6 is 11.8 Å². The van der Waals surface area contributed by atoms with Gasteiger partial charge in [0.2, 0.25) is 5.91 Å². The highest BCUT2D eigenvalue weighted by atomic mass is 32.2. The van der Waals surface area contributed by atoms with Gasteiger partial charge in [0, 0.05) is 36.3 Å². The van der Waals surface area contributed by atoms with Crippen LogP contribution in [0.5, 0.6) is 0 Å². The number of amides is 2. The van der Waals surface area contributed by atoms with E-state index in [9.17, 15) is 9.59 Å². The first-order chi connectivity index (χ1) is 13.0. The number of thioether (sulfide) groups is 1. The average molecular weight is 384 g/mol. The number of carbonyl (C=O) groups excluding carboxylic acids is 2. The van der Waals surface area contributed by atoms with Crippen LogP contribution < -0.4 is 10.6 Å². The molecule has 2 N–H and O–H groups in total. The molecule has 0 saturated carbocycles. The van der Waals surface area contributed by atoms with Gasteiger partial charge in [0.15, 0.2) is 0 Å². The van der Waals surface area contributed by atoms with Gasteiger partial charge in [-0.05, 0) is 38.1 Å². The first-order valence-corrected chi connectivity index (χ1v) is 10.1. The molecule has 6 heteroatoms. The van der Waals surface area contributed by atoms with Crippen molar-refractivity contribution in [3.8, 4) is 0 Å². The topological polar surface area (TPSA) is 61.4 Å². The maximum atomic E-state index is 12.9. The lowest BCUT2D eigenvalue weighted by atomic mass is 10.1. The molecule has 0 bridgehead atoms. The summed E-state index contributed by atoms with van der Waals surface area (Å²) in [5.41, 5.74) is 2.60. The Bertz CT molecular complexity index is 807. The molecule has 5 nitrogen and oxygen atoms in total.